The van der Waals surface area contributed by atoms with E-state index in [1.807, 2.05) is 0 Å². The highest BCUT2D eigenvalue weighted by atomic mass is 16.8. The molecule has 1 aliphatic rings. The van der Waals surface area contributed by atoms with Crippen molar-refractivity contribution in [2.75, 3.05) is 13.8 Å². The van der Waals surface area contributed by atoms with Gasteiger partial charge in [-0.2, -0.15) is 5.10 Å². The molecular weight excluding hydrogens is 350 g/mol. The quantitative estimate of drug-likeness (QED) is 0.276. The monoisotopic (exact) mass is 387 g/mol. The third-order valence-electron chi connectivity index (χ3n) is 3.34. The molecule has 0 aromatic heterocycles. The molecule has 0 radical (unpaired) electrons. The van der Waals surface area contributed by atoms with Crippen LogP contribution >= 0.6 is 0 Å². The zero-order valence-corrected chi connectivity index (χ0v) is 17.8. The Morgan fingerprint density at radius 3 is 2.22 bits per heavy atom. The van der Waals surface area contributed by atoms with Crippen LogP contribution in [0, 0.1) is 5.92 Å². The Morgan fingerprint density at radius 2 is 1.85 bits per heavy atom. The minimum Gasteiger partial charge on any atom is -0.467 e. The second-order valence-corrected chi connectivity index (χ2v) is 6.10. The van der Waals surface area contributed by atoms with Gasteiger partial charge in [-0.25, -0.2) is 4.79 Å². The van der Waals surface area contributed by atoms with Crippen LogP contribution < -0.4 is 16.9 Å². The lowest BCUT2D eigenvalue weighted by molar-refractivity contribution is -0.224. The Hall–Kier alpha value is -2.29. The summed E-state index contributed by atoms with van der Waals surface area (Å²) in [6.45, 7) is 15.3. The SMILES string of the molecule is C=NN/C(=N\CN)C(C)CC.CCCC.COC1=C(N)C(=O)OC(C)(C)O1. The van der Waals surface area contributed by atoms with E-state index in [0.717, 1.165) is 12.3 Å². The summed E-state index contributed by atoms with van der Waals surface area (Å²) in [6, 6.07) is 0. The molecular formula is C18H37N5O4. The molecule has 1 aliphatic heterocycles. The minimum absolute atomic E-state index is 0.0104. The number of carbonyl (C=O) groups excluding carboxylic acids is 1. The lowest BCUT2D eigenvalue weighted by Crippen LogP contribution is -2.39. The summed E-state index contributed by atoms with van der Waals surface area (Å²) < 4.78 is 14.6. The third-order valence-corrected chi connectivity index (χ3v) is 3.34. The summed E-state index contributed by atoms with van der Waals surface area (Å²) in [5.74, 6) is -0.445. The number of carbonyl (C=O) groups is 1. The molecule has 0 aromatic carbocycles. The van der Waals surface area contributed by atoms with E-state index in [0.29, 0.717) is 12.6 Å². The summed E-state index contributed by atoms with van der Waals surface area (Å²) in [5.41, 5.74) is 13.1. The summed E-state index contributed by atoms with van der Waals surface area (Å²) in [4.78, 5) is 15.0. The number of hydrogen-bond acceptors (Lipinski definition) is 8. The molecule has 0 saturated carbocycles. The number of amidine groups is 1. The van der Waals surface area contributed by atoms with Gasteiger partial charge >= 0.3 is 11.9 Å². The van der Waals surface area contributed by atoms with Crippen LogP contribution in [0.1, 0.15) is 60.8 Å². The van der Waals surface area contributed by atoms with Gasteiger partial charge in [0.15, 0.2) is 5.70 Å². The molecule has 0 amide bonds. The van der Waals surface area contributed by atoms with Gasteiger partial charge in [-0.1, -0.05) is 40.5 Å². The van der Waals surface area contributed by atoms with Crippen molar-refractivity contribution in [2.45, 2.75) is 66.6 Å². The van der Waals surface area contributed by atoms with Crippen LogP contribution in [0.15, 0.2) is 21.7 Å². The number of methoxy groups -OCH3 is 1. The molecule has 0 aromatic rings. The Kier molecular flexibility index (Phi) is 14.8. The van der Waals surface area contributed by atoms with Crippen LogP contribution in [-0.4, -0.2) is 38.1 Å². The molecule has 1 heterocycles. The van der Waals surface area contributed by atoms with Crippen LogP contribution in [0.2, 0.25) is 0 Å². The van der Waals surface area contributed by atoms with E-state index in [1.165, 1.54) is 20.0 Å². The van der Waals surface area contributed by atoms with E-state index in [-0.39, 0.29) is 11.6 Å². The number of nitrogens with two attached hydrogens (primary N) is 2. The average molecular weight is 388 g/mol. The minimum atomic E-state index is -1.01. The molecule has 0 aliphatic carbocycles. The van der Waals surface area contributed by atoms with Crippen LogP contribution in [0.3, 0.4) is 0 Å². The number of unbranched alkanes of at least 4 members (excludes halogenated alkanes) is 1. The molecule has 0 spiro atoms. The summed E-state index contributed by atoms with van der Waals surface area (Å²) >= 11 is 0. The van der Waals surface area contributed by atoms with E-state index < -0.39 is 11.8 Å². The average Bonchev–Trinajstić information content (AvgIpc) is 2.64. The second-order valence-electron chi connectivity index (χ2n) is 6.10. The fourth-order valence-corrected chi connectivity index (χ4v) is 1.49. The lowest BCUT2D eigenvalue weighted by Gasteiger charge is -2.30. The summed E-state index contributed by atoms with van der Waals surface area (Å²) in [5, 5.41) is 3.54. The van der Waals surface area contributed by atoms with Crippen molar-refractivity contribution in [2.24, 2.45) is 27.5 Å². The van der Waals surface area contributed by atoms with Gasteiger partial charge < -0.3 is 25.7 Å². The number of ether oxygens (including phenoxy) is 3. The number of nitrogens with one attached hydrogen (secondary N) is 1. The van der Waals surface area contributed by atoms with Gasteiger partial charge in [0.2, 0.25) is 0 Å². The lowest BCUT2D eigenvalue weighted by atomic mass is 10.1. The maximum Gasteiger partial charge on any atom is 0.364 e. The number of aliphatic imine (C=N–C) groups is 1. The van der Waals surface area contributed by atoms with Gasteiger partial charge in [-0.05, 0) is 6.42 Å². The number of esters is 1. The number of cyclic esters (lactones) is 1. The first-order valence-electron chi connectivity index (χ1n) is 9.06. The Bertz CT molecular complexity index is 502. The van der Waals surface area contributed by atoms with E-state index in [1.54, 1.807) is 13.8 Å². The zero-order chi connectivity index (χ0) is 21.5. The summed E-state index contributed by atoms with van der Waals surface area (Å²) in [6.07, 6.45) is 3.65. The van der Waals surface area contributed by atoms with Crippen molar-refractivity contribution in [1.29, 1.82) is 0 Å². The van der Waals surface area contributed by atoms with Crippen molar-refractivity contribution in [3.05, 3.63) is 11.6 Å². The molecule has 0 fully saturated rings. The van der Waals surface area contributed by atoms with Crippen molar-refractivity contribution >= 4 is 18.5 Å². The first kappa shape index (κ1) is 26.9. The molecule has 158 valence electrons. The van der Waals surface area contributed by atoms with Crippen LogP contribution in [-0.2, 0) is 19.0 Å². The maximum absolute atomic E-state index is 11.0. The number of nitrogens with zero attached hydrogens (tertiary/aromatic N) is 2. The molecule has 1 unspecified atom stereocenters. The summed E-state index contributed by atoms with van der Waals surface area (Å²) in [7, 11) is 1.37. The van der Waals surface area contributed by atoms with Gasteiger partial charge in [0.25, 0.3) is 5.79 Å². The van der Waals surface area contributed by atoms with Gasteiger partial charge in [0, 0.05) is 26.5 Å². The molecule has 9 nitrogen and oxygen atoms in total. The molecule has 9 heteroatoms. The molecule has 5 N–H and O–H groups in total. The third kappa shape index (κ3) is 11.8. The van der Waals surface area contributed by atoms with Crippen molar-refractivity contribution in [1.82, 2.24) is 5.43 Å². The van der Waals surface area contributed by atoms with Crippen LogP contribution in [0.4, 0.5) is 0 Å². The molecule has 1 atom stereocenters. The number of hydrazone groups is 1. The standard InChI is InChI=1S/C7H16N4.C7H11NO4.C4H10/c1-4-6(2)7(10-5-8)11-9-3;1-7(2)11-5(9)4(8)6(10-3)12-7;1-3-4-2/h6H,3-5,8H2,1-2H3,(H,10,11);8H2,1-3H3;3-4H2,1-2H3. The van der Waals surface area contributed by atoms with E-state index in [9.17, 15) is 4.79 Å². The van der Waals surface area contributed by atoms with Gasteiger partial charge in [-0.3, -0.25) is 10.4 Å². The van der Waals surface area contributed by atoms with Gasteiger partial charge in [-0.15, -0.1) is 0 Å². The fourth-order valence-electron chi connectivity index (χ4n) is 1.49. The van der Waals surface area contributed by atoms with Gasteiger partial charge in [0.1, 0.15) is 5.84 Å². The molecule has 27 heavy (non-hydrogen) atoms. The molecule has 0 bridgehead atoms. The van der Waals surface area contributed by atoms with E-state index >= 15 is 0 Å². The normalized spacial score (nSPS) is 16.4. The van der Waals surface area contributed by atoms with Crippen LogP contribution in [0.25, 0.3) is 0 Å². The van der Waals surface area contributed by atoms with E-state index in [4.69, 9.17) is 25.7 Å². The van der Waals surface area contributed by atoms with Crippen molar-refractivity contribution < 1.29 is 19.0 Å². The van der Waals surface area contributed by atoms with Gasteiger partial charge in [0.05, 0.1) is 13.8 Å². The zero-order valence-electron chi connectivity index (χ0n) is 17.8. The number of hydrogen-bond donors (Lipinski definition) is 3. The Morgan fingerprint density at radius 1 is 1.30 bits per heavy atom. The highest BCUT2D eigenvalue weighted by Gasteiger charge is 2.35. The fraction of sp³-hybridized carbons (Fsp3) is 0.722. The first-order chi connectivity index (χ1) is 12.6. The molecule has 1 rings (SSSR count). The highest BCUT2D eigenvalue weighted by molar-refractivity contribution is 5.88. The van der Waals surface area contributed by atoms with Crippen molar-refractivity contribution in [3.8, 4) is 0 Å². The second kappa shape index (κ2) is 14.8. The number of rotatable bonds is 6. The first-order valence-corrected chi connectivity index (χ1v) is 9.06. The smallest absolute Gasteiger partial charge is 0.364 e. The maximum atomic E-state index is 11.0. The largest absolute Gasteiger partial charge is 0.467 e. The van der Waals surface area contributed by atoms with Crippen molar-refractivity contribution in [3.63, 3.8) is 0 Å². The Labute approximate surface area is 163 Å². The van der Waals surface area contributed by atoms with Crippen LogP contribution in [0.5, 0.6) is 0 Å². The van der Waals surface area contributed by atoms with E-state index in [2.05, 4.69) is 49.9 Å². The predicted molar refractivity (Wildman–Crippen MR) is 109 cm³/mol. The highest BCUT2D eigenvalue weighted by Crippen LogP contribution is 2.24. The predicted octanol–water partition coefficient (Wildman–Crippen LogP) is 2.43. The topological polar surface area (TPSA) is 134 Å². The Balaban J connectivity index is 0. The molecule has 0 saturated heterocycles.